The van der Waals surface area contributed by atoms with Gasteiger partial charge in [0.1, 0.15) is 17.9 Å². The summed E-state index contributed by atoms with van der Waals surface area (Å²) in [7, 11) is 1.38. The normalized spacial score (nSPS) is 14.2. The fraction of sp³-hybridized carbons (Fsp3) is 0.300. The third-order valence-corrected chi connectivity index (χ3v) is 2.44. The van der Waals surface area contributed by atoms with Crippen LogP contribution >= 0.6 is 11.6 Å². The predicted octanol–water partition coefficient (Wildman–Crippen LogP) is 0.794. The summed E-state index contributed by atoms with van der Waals surface area (Å²) >= 11 is 5.83. The summed E-state index contributed by atoms with van der Waals surface area (Å²) in [6.07, 6.45) is -1.37. The number of halogens is 1. The molecule has 0 bridgehead atoms. The van der Waals surface area contributed by atoms with Gasteiger partial charge in [-0.15, -0.1) is 0 Å². The van der Waals surface area contributed by atoms with Crippen LogP contribution in [0.15, 0.2) is 18.2 Å². The molecule has 0 saturated carbocycles. The number of carboxylic acid groups (broad SMARTS) is 1. The number of carbonyl (C=O) groups is 1. The molecule has 0 aliphatic rings. The summed E-state index contributed by atoms with van der Waals surface area (Å²) in [6, 6.07) is 3.24. The second-order valence-corrected chi connectivity index (χ2v) is 3.58. The highest BCUT2D eigenvalue weighted by molar-refractivity contribution is 6.32. The molecular formula is C10H12ClNO4. The summed E-state index contributed by atoms with van der Waals surface area (Å²) in [5, 5.41) is 18.7. The van der Waals surface area contributed by atoms with E-state index >= 15 is 0 Å². The monoisotopic (exact) mass is 245 g/mol. The third-order valence-electron chi connectivity index (χ3n) is 2.15. The number of para-hydroxylation sites is 1. The van der Waals surface area contributed by atoms with Crippen LogP contribution < -0.4 is 10.5 Å². The Labute approximate surface area is 97.4 Å². The molecule has 0 aliphatic heterocycles. The smallest absolute Gasteiger partial charge is 0.323 e. The minimum Gasteiger partial charge on any atom is -0.495 e. The van der Waals surface area contributed by atoms with Crippen LogP contribution in [0.1, 0.15) is 11.7 Å². The molecule has 0 aromatic heterocycles. The van der Waals surface area contributed by atoms with Crippen molar-refractivity contribution in [1.82, 2.24) is 0 Å². The second-order valence-electron chi connectivity index (χ2n) is 3.17. The van der Waals surface area contributed by atoms with E-state index in [1.165, 1.54) is 13.2 Å². The van der Waals surface area contributed by atoms with Crippen molar-refractivity contribution in [3.63, 3.8) is 0 Å². The standard InChI is InChI=1S/C10H12ClNO4/c1-16-9-5(3-2-4-6(9)11)8(13)7(12)10(14)15/h2-4,7-8,13H,12H2,1H3,(H,14,15). The molecule has 88 valence electrons. The fourth-order valence-electron chi connectivity index (χ4n) is 1.30. The van der Waals surface area contributed by atoms with Crippen molar-refractivity contribution in [2.75, 3.05) is 7.11 Å². The van der Waals surface area contributed by atoms with Gasteiger partial charge in [0, 0.05) is 5.56 Å². The van der Waals surface area contributed by atoms with Crippen LogP contribution in [0, 0.1) is 0 Å². The maximum Gasteiger partial charge on any atom is 0.323 e. The molecule has 5 nitrogen and oxygen atoms in total. The maximum absolute atomic E-state index is 10.6. The van der Waals surface area contributed by atoms with E-state index in [0.29, 0.717) is 0 Å². The number of aliphatic hydroxyl groups is 1. The number of benzene rings is 1. The van der Waals surface area contributed by atoms with Crippen LogP contribution in [0.5, 0.6) is 5.75 Å². The molecule has 16 heavy (non-hydrogen) atoms. The third kappa shape index (κ3) is 2.44. The molecule has 0 spiro atoms. The molecule has 0 saturated heterocycles. The highest BCUT2D eigenvalue weighted by atomic mass is 35.5. The number of hydrogen-bond donors (Lipinski definition) is 3. The van der Waals surface area contributed by atoms with E-state index in [9.17, 15) is 9.90 Å². The number of carboxylic acids is 1. The van der Waals surface area contributed by atoms with Crippen LogP contribution in [-0.4, -0.2) is 29.3 Å². The Morgan fingerprint density at radius 3 is 2.69 bits per heavy atom. The largest absolute Gasteiger partial charge is 0.495 e. The number of aliphatic carboxylic acids is 1. The Balaban J connectivity index is 3.12. The molecule has 6 heteroatoms. The van der Waals surface area contributed by atoms with Crippen molar-refractivity contribution in [2.24, 2.45) is 5.73 Å². The van der Waals surface area contributed by atoms with Crippen LogP contribution in [-0.2, 0) is 4.79 Å². The van der Waals surface area contributed by atoms with Gasteiger partial charge in [0.2, 0.25) is 0 Å². The Kier molecular flexibility index (Phi) is 4.12. The van der Waals surface area contributed by atoms with Crippen LogP contribution in [0.3, 0.4) is 0 Å². The first-order chi connectivity index (χ1) is 7.49. The van der Waals surface area contributed by atoms with Crippen molar-refractivity contribution in [3.05, 3.63) is 28.8 Å². The number of aliphatic hydroxyl groups excluding tert-OH is 1. The summed E-state index contributed by atoms with van der Waals surface area (Å²) in [4.78, 5) is 10.6. The molecule has 0 amide bonds. The Hall–Kier alpha value is -1.30. The van der Waals surface area contributed by atoms with Gasteiger partial charge < -0.3 is 20.7 Å². The Morgan fingerprint density at radius 2 is 2.19 bits per heavy atom. The quantitative estimate of drug-likeness (QED) is 0.729. The zero-order chi connectivity index (χ0) is 12.3. The molecule has 1 rings (SSSR count). The number of nitrogens with two attached hydrogens (primary N) is 1. The molecule has 2 atom stereocenters. The summed E-state index contributed by atoms with van der Waals surface area (Å²) in [5.41, 5.74) is 5.57. The van der Waals surface area contributed by atoms with Crippen molar-refractivity contribution in [2.45, 2.75) is 12.1 Å². The predicted molar refractivity (Wildman–Crippen MR) is 58.6 cm³/mol. The van der Waals surface area contributed by atoms with Gasteiger partial charge in [-0.05, 0) is 6.07 Å². The number of rotatable bonds is 4. The summed E-state index contributed by atoms with van der Waals surface area (Å²) < 4.78 is 4.99. The molecule has 0 radical (unpaired) electrons. The van der Waals surface area contributed by atoms with Crippen LogP contribution in [0.2, 0.25) is 5.02 Å². The highest BCUT2D eigenvalue weighted by Gasteiger charge is 2.26. The van der Waals surface area contributed by atoms with Crippen LogP contribution in [0.4, 0.5) is 0 Å². The average molecular weight is 246 g/mol. The molecule has 1 aromatic rings. The SMILES string of the molecule is COc1c(Cl)cccc1C(O)C(N)C(=O)O. The van der Waals surface area contributed by atoms with Gasteiger partial charge in [0.05, 0.1) is 12.1 Å². The van der Waals surface area contributed by atoms with Crippen LogP contribution in [0.25, 0.3) is 0 Å². The first kappa shape index (κ1) is 12.8. The first-order valence-electron chi connectivity index (χ1n) is 4.48. The topological polar surface area (TPSA) is 92.8 Å². The van der Waals surface area contributed by atoms with Crippen molar-refractivity contribution >= 4 is 17.6 Å². The average Bonchev–Trinajstić information content (AvgIpc) is 2.26. The summed E-state index contributed by atoms with van der Waals surface area (Å²) in [6.45, 7) is 0. The van der Waals surface area contributed by atoms with Gasteiger partial charge in [0.15, 0.2) is 0 Å². The molecule has 2 unspecified atom stereocenters. The molecule has 4 N–H and O–H groups in total. The Morgan fingerprint density at radius 1 is 1.56 bits per heavy atom. The summed E-state index contributed by atoms with van der Waals surface area (Å²) in [5.74, 6) is -1.07. The molecular weight excluding hydrogens is 234 g/mol. The van der Waals surface area contributed by atoms with Crippen molar-refractivity contribution in [1.29, 1.82) is 0 Å². The lowest BCUT2D eigenvalue weighted by molar-refractivity contribution is -0.141. The number of ether oxygens (including phenoxy) is 1. The molecule has 1 aromatic carbocycles. The second kappa shape index (κ2) is 5.16. The minimum absolute atomic E-state index is 0.230. The van der Waals surface area contributed by atoms with E-state index in [1.807, 2.05) is 0 Å². The lowest BCUT2D eigenvalue weighted by atomic mass is 10.0. The fourth-order valence-corrected chi connectivity index (χ4v) is 1.56. The van der Waals surface area contributed by atoms with Gasteiger partial charge in [-0.3, -0.25) is 4.79 Å². The zero-order valence-electron chi connectivity index (χ0n) is 8.55. The van der Waals surface area contributed by atoms with Crippen molar-refractivity contribution in [3.8, 4) is 5.75 Å². The molecule has 0 aliphatic carbocycles. The lowest BCUT2D eigenvalue weighted by Gasteiger charge is -2.18. The van der Waals surface area contributed by atoms with Gasteiger partial charge in [0.25, 0.3) is 0 Å². The molecule has 0 heterocycles. The number of methoxy groups -OCH3 is 1. The van der Waals surface area contributed by atoms with Gasteiger partial charge in [-0.1, -0.05) is 23.7 Å². The van der Waals surface area contributed by atoms with E-state index in [0.717, 1.165) is 0 Å². The zero-order valence-corrected chi connectivity index (χ0v) is 9.31. The Bertz CT molecular complexity index is 396. The highest BCUT2D eigenvalue weighted by Crippen LogP contribution is 2.33. The minimum atomic E-state index is -1.42. The van der Waals surface area contributed by atoms with E-state index in [-0.39, 0.29) is 16.3 Å². The van der Waals surface area contributed by atoms with E-state index in [4.69, 9.17) is 27.2 Å². The van der Waals surface area contributed by atoms with E-state index in [1.54, 1.807) is 12.1 Å². The lowest BCUT2D eigenvalue weighted by Crippen LogP contribution is -2.36. The molecule has 0 fully saturated rings. The van der Waals surface area contributed by atoms with E-state index in [2.05, 4.69) is 0 Å². The van der Waals surface area contributed by atoms with Gasteiger partial charge >= 0.3 is 5.97 Å². The maximum atomic E-state index is 10.6. The first-order valence-corrected chi connectivity index (χ1v) is 4.85. The van der Waals surface area contributed by atoms with Gasteiger partial charge in [-0.25, -0.2) is 0 Å². The van der Waals surface area contributed by atoms with Gasteiger partial charge in [-0.2, -0.15) is 0 Å². The number of hydrogen-bond acceptors (Lipinski definition) is 4. The van der Waals surface area contributed by atoms with Crippen molar-refractivity contribution < 1.29 is 19.7 Å². The van der Waals surface area contributed by atoms with E-state index < -0.39 is 18.1 Å².